The average molecular weight is 352 g/mol. The Bertz CT molecular complexity index is 1040. The summed E-state index contributed by atoms with van der Waals surface area (Å²) in [6, 6.07) is 12.6. The van der Waals surface area contributed by atoms with Crippen LogP contribution in [0.1, 0.15) is 15.9 Å². The molecule has 2 aromatic carbocycles. The van der Waals surface area contributed by atoms with E-state index in [2.05, 4.69) is 5.32 Å². The fourth-order valence-corrected chi connectivity index (χ4v) is 2.46. The quantitative estimate of drug-likeness (QED) is 0.684. The molecular formula is C19H16N2O5. The van der Waals surface area contributed by atoms with Gasteiger partial charge in [0.15, 0.2) is 6.61 Å². The third kappa shape index (κ3) is 3.89. The minimum absolute atomic E-state index is 0.223. The molecule has 3 N–H and O–H groups in total. The fourth-order valence-electron chi connectivity index (χ4n) is 2.46. The molecule has 3 aromatic rings. The van der Waals surface area contributed by atoms with Gasteiger partial charge in [-0.15, -0.1) is 0 Å². The Kier molecular flexibility index (Phi) is 4.70. The lowest BCUT2D eigenvalue weighted by Gasteiger charge is -2.09. The first-order valence-corrected chi connectivity index (χ1v) is 7.79. The highest BCUT2D eigenvalue weighted by Crippen LogP contribution is 2.22. The molecule has 7 heteroatoms. The van der Waals surface area contributed by atoms with Crippen LogP contribution in [0.25, 0.3) is 11.0 Å². The van der Waals surface area contributed by atoms with Crippen molar-refractivity contribution >= 4 is 28.5 Å². The van der Waals surface area contributed by atoms with Gasteiger partial charge in [0.2, 0.25) is 5.91 Å². The van der Waals surface area contributed by atoms with Crippen LogP contribution in [0.15, 0.2) is 57.7 Å². The molecule has 1 aromatic heterocycles. The Hall–Kier alpha value is -3.61. The van der Waals surface area contributed by atoms with Crippen LogP contribution in [0.4, 0.5) is 5.69 Å². The summed E-state index contributed by atoms with van der Waals surface area (Å²) in [6.07, 6.45) is 0. The summed E-state index contributed by atoms with van der Waals surface area (Å²) in [5.41, 5.74) is 6.80. The molecule has 0 aliphatic rings. The first kappa shape index (κ1) is 17.2. The van der Waals surface area contributed by atoms with Gasteiger partial charge in [-0.05, 0) is 48.9 Å². The normalized spacial score (nSPS) is 10.5. The van der Waals surface area contributed by atoms with Crippen molar-refractivity contribution in [3.05, 3.63) is 70.1 Å². The van der Waals surface area contributed by atoms with E-state index < -0.39 is 11.5 Å². The lowest BCUT2D eigenvalue weighted by Crippen LogP contribution is -2.20. The molecule has 0 saturated heterocycles. The van der Waals surface area contributed by atoms with E-state index in [0.717, 1.165) is 10.9 Å². The second-order valence-electron chi connectivity index (χ2n) is 5.68. The number of aryl methyl sites for hydroxylation is 1. The summed E-state index contributed by atoms with van der Waals surface area (Å²) >= 11 is 0. The van der Waals surface area contributed by atoms with Crippen LogP contribution >= 0.6 is 0 Å². The number of carbonyl (C=O) groups excluding carboxylic acids is 2. The summed E-state index contributed by atoms with van der Waals surface area (Å²) < 4.78 is 10.6. The number of benzene rings is 2. The molecular weight excluding hydrogens is 336 g/mol. The molecule has 1 heterocycles. The molecule has 0 fully saturated rings. The van der Waals surface area contributed by atoms with Crippen molar-refractivity contribution in [2.75, 3.05) is 11.9 Å². The van der Waals surface area contributed by atoms with E-state index in [9.17, 15) is 14.4 Å². The highest BCUT2D eigenvalue weighted by molar-refractivity contribution is 5.95. The van der Waals surface area contributed by atoms with E-state index in [4.69, 9.17) is 14.9 Å². The molecule has 2 amide bonds. The van der Waals surface area contributed by atoms with Gasteiger partial charge >= 0.3 is 5.63 Å². The maximum atomic E-state index is 12.0. The zero-order valence-corrected chi connectivity index (χ0v) is 13.9. The Labute approximate surface area is 148 Å². The summed E-state index contributed by atoms with van der Waals surface area (Å²) in [5.74, 6) is -0.502. The first-order chi connectivity index (χ1) is 12.4. The van der Waals surface area contributed by atoms with Gasteiger partial charge in [0, 0.05) is 28.8 Å². The van der Waals surface area contributed by atoms with Crippen molar-refractivity contribution in [2.45, 2.75) is 6.92 Å². The van der Waals surface area contributed by atoms with Gasteiger partial charge in [-0.3, -0.25) is 9.59 Å². The van der Waals surface area contributed by atoms with Crippen LogP contribution < -0.4 is 21.4 Å². The highest BCUT2D eigenvalue weighted by atomic mass is 16.5. The number of ether oxygens (including phenoxy) is 1. The number of carbonyl (C=O) groups is 2. The summed E-state index contributed by atoms with van der Waals surface area (Å²) in [6.45, 7) is 1.59. The number of hydrogen-bond donors (Lipinski definition) is 2. The number of primary amides is 1. The number of hydrogen-bond acceptors (Lipinski definition) is 5. The van der Waals surface area contributed by atoms with Crippen molar-refractivity contribution in [1.82, 2.24) is 0 Å². The molecule has 0 atom stereocenters. The molecule has 0 bridgehead atoms. The van der Waals surface area contributed by atoms with Gasteiger partial charge in [0.05, 0.1) is 0 Å². The smallest absolute Gasteiger partial charge is 0.336 e. The van der Waals surface area contributed by atoms with E-state index in [1.807, 2.05) is 6.92 Å². The molecule has 7 nitrogen and oxygen atoms in total. The lowest BCUT2D eigenvalue weighted by molar-refractivity contribution is -0.118. The molecule has 3 rings (SSSR count). The van der Waals surface area contributed by atoms with Crippen molar-refractivity contribution in [3.63, 3.8) is 0 Å². The third-order valence-corrected chi connectivity index (χ3v) is 3.75. The number of nitrogens with two attached hydrogens (primary N) is 1. The van der Waals surface area contributed by atoms with Crippen molar-refractivity contribution in [1.29, 1.82) is 0 Å². The largest absolute Gasteiger partial charge is 0.484 e. The molecule has 26 heavy (non-hydrogen) atoms. The monoisotopic (exact) mass is 352 g/mol. The number of rotatable bonds is 5. The maximum Gasteiger partial charge on any atom is 0.336 e. The summed E-state index contributed by atoms with van der Waals surface area (Å²) in [4.78, 5) is 34.4. The van der Waals surface area contributed by atoms with Gasteiger partial charge in [0.1, 0.15) is 11.3 Å². The first-order valence-electron chi connectivity index (χ1n) is 7.79. The third-order valence-electron chi connectivity index (χ3n) is 3.75. The molecule has 0 saturated carbocycles. The van der Waals surface area contributed by atoms with E-state index in [0.29, 0.717) is 22.6 Å². The minimum atomic E-state index is -0.538. The number of anilines is 1. The number of nitrogens with one attached hydrogen (secondary N) is 1. The van der Waals surface area contributed by atoms with Crippen molar-refractivity contribution in [3.8, 4) is 5.75 Å². The van der Waals surface area contributed by atoms with Crippen LogP contribution in [-0.2, 0) is 4.79 Å². The second kappa shape index (κ2) is 7.10. The molecule has 0 spiro atoms. The number of amides is 2. The van der Waals surface area contributed by atoms with Crippen molar-refractivity contribution in [2.24, 2.45) is 5.73 Å². The number of fused-ring (bicyclic) bond motifs is 1. The van der Waals surface area contributed by atoms with E-state index in [-0.39, 0.29) is 12.5 Å². The Morgan fingerprint density at radius 3 is 2.54 bits per heavy atom. The van der Waals surface area contributed by atoms with Gasteiger partial charge in [-0.1, -0.05) is 0 Å². The summed E-state index contributed by atoms with van der Waals surface area (Å²) in [7, 11) is 0. The van der Waals surface area contributed by atoms with Crippen LogP contribution in [0.2, 0.25) is 0 Å². The molecule has 0 aliphatic heterocycles. The van der Waals surface area contributed by atoms with Crippen LogP contribution in [-0.4, -0.2) is 18.4 Å². The molecule has 0 aliphatic carbocycles. The maximum absolute atomic E-state index is 12.0. The molecule has 0 unspecified atom stereocenters. The van der Waals surface area contributed by atoms with E-state index >= 15 is 0 Å². The van der Waals surface area contributed by atoms with Gasteiger partial charge in [0.25, 0.3) is 5.91 Å². The van der Waals surface area contributed by atoms with Gasteiger partial charge in [-0.2, -0.15) is 0 Å². The molecule has 132 valence electrons. The molecule has 0 radical (unpaired) electrons. The van der Waals surface area contributed by atoms with Gasteiger partial charge in [-0.25, -0.2) is 4.79 Å². The highest BCUT2D eigenvalue weighted by Gasteiger charge is 2.07. The van der Waals surface area contributed by atoms with E-state index in [1.165, 1.54) is 18.2 Å². The Morgan fingerprint density at radius 1 is 1.12 bits per heavy atom. The zero-order chi connectivity index (χ0) is 18.7. The topological polar surface area (TPSA) is 112 Å². The Morgan fingerprint density at radius 2 is 1.85 bits per heavy atom. The second-order valence-corrected chi connectivity index (χ2v) is 5.68. The van der Waals surface area contributed by atoms with Crippen LogP contribution in [0.5, 0.6) is 5.75 Å². The Balaban J connectivity index is 1.64. The van der Waals surface area contributed by atoms with Crippen LogP contribution in [0.3, 0.4) is 0 Å². The lowest BCUT2D eigenvalue weighted by atomic mass is 10.1. The zero-order valence-electron chi connectivity index (χ0n) is 13.9. The standard InChI is InChI=1S/C19H16N2O5/c1-11-8-18(23)26-16-9-14(6-7-15(11)16)25-10-17(22)21-13-4-2-12(3-5-13)19(20)24/h2-9H,10H2,1H3,(H2,20,24)(H,21,22). The minimum Gasteiger partial charge on any atom is -0.484 e. The predicted molar refractivity (Wildman–Crippen MR) is 96.3 cm³/mol. The fraction of sp³-hybridized carbons (Fsp3) is 0.105. The van der Waals surface area contributed by atoms with Crippen molar-refractivity contribution < 1.29 is 18.7 Å². The van der Waals surface area contributed by atoms with E-state index in [1.54, 1.807) is 30.3 Å². The summed E-state index contributed by atoms with van der Waals surface area (Å²) in [5, 5.41) is 3.45. The average Bonchev–Trinajstić information content (AvgIpc) is 2.60. The van der Waals surface area contributed by atoms with Crippen LogP contribution in [0, 0.1) is 6.92 Å². The van der Waals surface area contributed by atoms with Gasteiger partial charge < -0.3 is 20.2 Å². The predicted octanol–water partition coefficient (Wildman–Crippen LogP) is 2.22. The SMILES string of the molecule is Cc1cc(=O)oc2cc(OCC(=O)Nc3ccc(C(N)=O)cc3)ccc12.